The normalized spacial score (nSPS) is 10.4. The summed E-state index contributed by atoms with van der Waals surface area (Å²) in [4.78, 5) is 0. The number of hydroxylamine groups is 1. The molecule has 1 rings (SSSR count). The highest BCUT2D eigenvalue weighted by Crippen LogP contribution is 2.31. The summed E-state index contributed by atoms with van der Waals surface area (Å²) >= 11 is 2.74. The SMILES string of the molecule is COc1c(CNO)cc(F)c(Br)c1F. The van der Waals surface area contributed by atoms with Crippen LogP contribution in [-0.2, 0) is 6.54 Å². The Kier molecular flexibility index (Phi) is 3.79. The van der Waals surface area contributed by atoms with Crippen molar-refractivity contribution in [3.8, 4) is 5.75 Å². The molecule has 0 unspecified atom stereocenters. The maximum Gasteiger partial charge on any atom is 0.182 e. The first-order valence-corrected chi connectivity index (χ1v) is 4.48. The van der Waals surface area contributed by atoms with Gasteiger partial charge in [0.25, 0.3) is 0 Å². The molecule has 78 valence electrons. The van der Waals surface area contributed by atoms with Crippen LogP contribution in [0.5, 0.6) is 5.75 Å². The largest absolute Gasteiger partial charge is 0.493 e. The summed E-state index contributed by atoms with van der Waals surface area (Å²) in [7, 11) is 1.27. The van der Waals surface area contributed by atoms with E-state index < -0.39 is 11.6 Å². The van der Waals surface area contributed by atoms with Crippen LogP contribution in [0.4, 0.5) is 8.78 Å². The molecule has 14 heavy (non-hydrogen) atoms. The zero-order chi connectivity index (χ0) is 10.7. The van der Waals surface area contributed by atoms with Crippen LogP contribution >= 0.6 is 15.9 Å². The van der Waals surface area contributed by atoms with Crippen LogP contribution in [0.25, 0.3) is 0 Å². The van der Waals surface area contributed by atoms with Gasteiger partial charge < -0.3 is 9.94 Å². The highest BCUT2D eigenvalue weighted by atomic mass is 79.9. The Hall–Kier alpha value is -0.720. The van der Waals surface area contributed by atoms with Crippen LogP contribution in [0.3, 0.4) is 0 Å². The summed E-state index contributed by atoms with van der Waals surface area (Å²) in [5.41, 5.74) is 2.01. The van der Waals surface area contributed by atoms with E-state index in [1.807, 2.05) is 0 Å². The molecule has 0 aromatic heterocycles. The number of rotatable bonds is 3. The molecule has 0 aliphatic rings. The molecule has 6 heteroatoms. The Morgan fingerprint density at radius 2 is 2.21 bits per heavy atom. The molecule has 0 aliphatic carbocycles. The zero-order valence-corrected chi connectivity index (χ0v) is 8.86. The average Bonchev–Trinajstić information content (AvgIpc) is 2.16. The minimum Gasteiger partial charge on any atom is -0.493 e. The van der Waals surface area contributed by atoms with Crippen molar-refractivity contribution in [2.45, 2.75) is 6.54 Å². The van der Waals surface area contributed by atoms with Crippen molar-refractivity contribution in [3.05, 3.63) is 27.7 Å². The van der Waals surface area contributed by atoms with Gasteiger partial charge in [-0.1, -0.05) is 0 Å². The number of benzene rings is 1. The van der Waals surface area contributed by atoms with Crippen molar-refractivity contribution < 1.29 is 18.7 Å². The molecule has 2 N–H and O–H groups in total. The molecule has 1 aromatic carbocycles. The third-order valence-corrected chi connectivity index (χ3v) is 2.39. The Morgan fingerprint density at radius 3 is 2.71 bits per heavy atom. The van der Waals surface area contributed by atoms with E-state index >= 15 is 0 Å². The predicted molar refractivity (Wildman–Crippen MR) is 49.2 cm³/mol. The molecule has 0 heterocycles. The maximum absolute atomic E-state index is 13.3. The van der Waals surface area contributed by atoms with Gasteiger partial charge in [0, 0.05) is 12.1 Å². The molecule has 0 saturated carbocycles. The van der Waals surface area contributed by atoms with Crippen molar-refractivity contribution in [1.29, 1.82) is 0 Å². The Balaban J connectivity index is 3.28. The zero-order valence-electron chi connectivity index (χ0n) is 7.27. The van der Waals surface area contributed by atoms with Crippen molar-refractivity contribution in [3.63, 3.8) is 0 Å². The molecule has 0 atom stereocenters. The molecule has 0 saturated heterocycles. The summed E-state index contributed by atoms with van der Waals surface area (Å²) in [6.07, 6.45) is 0. The van der Waals surface area contributed by atoms with Crippen molar-refractivity contribution in [1.82, 2.24) is 5.48 Å². The Labute approximate surface area is 87.8 Å². The van der Waals surface area contributed by atoms with Crippen LogP contribution in [0.15, 0.2) is 10.5 Å². The number of halogens is 3. The molecule has 0 aliphatic heterocycles. The fourth-order valence-corrected chi connectivity index (χ4v) is 1.36. The second-order valence-corrected chi connectivity index (χ2v) is 3.31. The molecule has 0 bridgehead atoms. The van der Waals surface area contributed by atoms with Crippen LogP contribution in [0.1, 0.15) is 5.56 Å². The monoisotopic (exact) mass is 267 g/mol. The van der Waals surface area contributed by atoms with Gasteiger partial charge in [-0.05, 0) is 22.0 Å². The lowest BCUT2D eigenvalue weighted by atomic mass is 10.2. The Bertz CT molecular complexity index is 347. The fraction of sp³-hybridized carbons (Fsp3) is 0.250. The van der Waals surface area contributed by atoms with Gasteiger partial charge >= 0.3 is 0 Å². The molecule has 0 radical (unpaired) electrons. The first-order valence-electron chi connectivity index (χ1n) is 3.69. The summed E-state index contributed by atoms with van der Waals surface area (Å²) in [5.74, 6) is -1.66. The van der Waals surface area contributed by atoms with Crippen LogP contribution in [0, 0.1) is 11.6 Å². The highest BCUT2D eigenvalue weighted by Gasteiger charge is 2.16. The first kappa shape index (κ1) is 11.4. The van der Waals surface area contributed by atoms with Crippen LogP contribution in [-0.4, -0.2) is 12.3 Å². The van der Waals surface area contributed by atoms with E-state index in [9.17, 15) is 8.78 Å². The van der Waals surface area contributed by atoms with Crippen molar-refractivity contribution in [2.75, 3.05) is 7.11 Å². The van der Waals surface area contributed by atoms with Gasteiger partial charge in [-0.25, -0.2) is 14.3 Å². The minimum absolute atomic E-state index is 0.0930. The smallest absolute Gasteiger partial charge is 0.182 e. The lowest BCUT2D eigenvalue weighted by Gasteiger charge is -2.10. The van der Waals surface area contributed by atoms with Crippen molar-refractivity contribution in [2.24, 2.45) is 0 Å². The van der Waals surface area contributed by atoms with Gasteiger partial charge in [0.1, 0.15) is 5.82 Å². The molecule has 0 spiro atoms. The van der Waals surface area contributed by atoms with Gasteiger partial charge in [0.2, 0.25) is 0 Å². The third kappa shape index (κ3) is 2.02. The number of hydrogen-bond acceptors (Lipinski definition) is 3. The summed E-state index contributed by atoms with van der Waals surface area (Å²) in [6, 6.07) is 1.08. The highest BCUT2D eigenvalue weighted by molar-refractivity contribution is 9.10. The van der Waals surface area contributed by atoms with Crippen LogP contribution in [0.2, 0.25) is 0 Å². The summed E-state index contributed by atoms with van der Waals surface area (Å²) < 4.78 is 30.8. The van der Waals surface area contributed by atoms with E-state index in [1.165, 1.54) is 7.11 Å². The molecule has 0 amide bonds. The van der Waals surface area contributed by atoms with Gasteiger partial charge in [-0.15, -0.1) is 0 Å². The standard InChI is InChI=1S/C8H8BrF2NO2/c1-14-8-4(3-12-13)2-5(10)6(9)7(8)11/h2,12-13H,3H2,1H3. The second-order valence-electron chi connectivity index (χ2n) is 2.51. The molecular weight excluding hydrogens is 260 g/mol. The number of methoxy groups -OCH3 is 1. The van der Waals surface area contributed by atoms with E-state index in [0.29, 0.717) is 0 Å². The lowest BCUT2D eigenvalue weighted by molar-refractivity contribution is 0.159. The van der Waals surface area contributed by atoms with Crippen molar-refractivity contribution >= 4 is 15.9 Å². The lowest BCUT2D eigenvalue weighted by Crippen LogP contribution is -2.09. The minimum atomic E-state index is -0.822. The number of hydrogen-bond donors (Lipinski definition) is 2. The number of ether oxygens (including phenoxy) is 1. The van der Waals surface area contributed by atoms with E-state index in [4.69, 9.17) is 9.94 Å². The fourth-order valence-electron chi connectivity index (χ4n) is 1.06. The first-order chi connectivity index (χ1) is 6.61. The van der Waals surface area contributed by atoms with Gasteiger partial charge in [-0.3, -0.25) is 0 Å². The quantitative estimate of drug-likeness (QED) is 0.652. The van der Waals surface area contributed by atoms with Gasteiger partial charge in [0.05, 0.1) is 11.6 Å². The second kappa shape index (κ2) is 4.68. The molecule has 0 fully saturated rings. The topological polar surface area (TPSA) is 41.5 Å². The van der Waals surface area contributed by atoms with E-state index in [1.54, 1.807) is 5.48 Å². The number of nitrogens with one attached hydrogen (secondary N) is 1. The summed E-state index contributed by atoms with van der Waals surface area (Å²) in [6.45, 7) is -0.0930. The van der Waals surface area contributed by atoms with Crippen LogP contribution < -0.4 is 10.2 Å². The Morgan fingerprint density at radius 1 is 1.57 bits per heavy atom. The van der Waals surface area contributed by atoms with E-state index in [0.717, 1.165) is 6.07 Å². The maximum atomic E-state index is 13.3. The van der Waals surface area contributed by atoms with Gasteiger partial charge in [0.15, 0.2) is 11.6 Å². The third-order valence-electron chi connectivity index (χ3n) is 1.67. The molecule has 1 aromatic rings. The van der Waals surface area contributed by atoms with Gasteiger partial charge in [-0.2, -0.15) is 0 Å². The molecule has 3 nitrogen and oxygen atoms in total. The van der Waals surface area contributed by atoms with E-state index in [2.05, 4.69) is 15.9 Å². The average molecular weight is 268 g/mol. The molecular formula is C8H8BrF2NO2. The summed E-state index contributed by atoms with van der Waals surface area (Å²) in [5, 5.41) is 8.43. The predicted octanol–water partition coefficient (Wildman–Crippen LogP) is 2.21. The van der Waals surface area contributed by atoms with E-state index in [-0.39, 0.29) is 22.3 Å².